The number of fused-ring (bicyclic) bond motifs is 4. The van der Waals surface area contributed by atoms with Gasteiger partial charge in [-0.05, 0) is 91.2 Å². The summed E-state index contributed by atoms with van der Waals surface area (Å²) < 4.78 is 0. The van der Waals surface area contributed by atoms with Gasteiger partial charge in [0.25, 0.3) is 0 Å². The fourth-order valence-electron chi connectivity index (χ4n) is 7.63. The molecule has 2 aromatic rings. The van der Waals surface area contributed by atoms with Crippen LogP contribution in [0.1, 0.15) is 44.6 Å². The minimum absolute atomic E-state index is 0.124. The van der Waals surface area contributed by atoms with Crippen LogP contribution < -0.4 is 5.56 Å². The Hall–Kier alpha value is -2.55. The highest BCUT2D eigenvalue weighted by atomic mass is 16.3. The summed E-state index contributed by atoms with van der Waals surface area (Å²) in [5.74, 6) is 0.180. The number of likely N-dealkylation sites (N-methyl/N-ethyl adjacent to an activating group) is 1. The van der Waals surface area contributed by atoms with E-state index in [2.05, 4.69) is 30.1 Å². The summed E-state index contributed by atoms with van der Waals surface area (Å²) in [6.07, 6.45) is 5.70. The molecule has 1 saturated carbocycles. The number of aliphatic hydroxyl groups is 4. The maximum absolute atomic E-state index is 11.8. The van der Waals surface area contributed by atoms with Gasteiger partial charge in [-0.3, -0.25) is 4.79 Å². The van der Waals surface area contributed by atoms with Crippen LogP contribution in [0.25, 0.3) is 16.3 Å². The van der Waals surface area contributed by atoms with Crippen molar-refractivity contribution in [2.75, 3.05) is 14.1 Å². The summed E-state index contributed by atoms with van der Waals surface area (Å²) in [6, 6.07) is 7.38. The Morgan fingerprint density at radius 2 is 1.86 bits per heavy atom. The van der Waals surface area contributed by atoms with Crippen LogP contribution in [-0.2, 0) is 0 Å². The highest BCUT2D eigenvalue weighted by molar-refractivity contribution is 5.87. The lowest BCUT2D eigenvalue weighted by Crippen LogP contribution is -2.58. The second-order valence-corrected chi connectivity index (χ2v) is 12.0. The first-order valence-electron chi connectivity index (χ1n) is 13.2. The quantitative estimate of drug-likeness (QED) is 0.429. The van der Waals surface area contributed by atoms with Crippen LogP contribution in [0, 0.1) is 11.3 Å². The fraction of sp³-hybridized carbons (Fsp3) is 0.500. The molecule has 7 heteroatoms. The van der Waals surface area contributed by atoms with E-state index >= 15 is 0 Å². The van der Waals surface area contributed by atoms with Crippen LogP contribution in [0.4, 0.5) is 0 Å². The zero-order valence-electron chi connectivity index (χ0n) is 21.6. The molecule has 4 aliphatic rings. The zero-order chi connectivity index (χ0) is 26.3. The first-order chi connectivity index (χ1) is 17.5. The van der Waals surface area contributed by atoms with E-state index in [0.29, 0.717) is 31.3 Å². The lowest BCUT2D eigenvalue weighted by atomic mass is 9.61. The standard InChI is InChI=1S/C30H36N2O5/c1-29-14-25(33)20-12-23-27(35)28(36)24(32(2)3)13-30(23,37)9-8-19(20)22(29)7-6-21(29)17-5-4-16-11-26(34)31-15-18(16)10-17/h4-6,10-12,15,22,24-25,27-28,33,35-37H,7-9,13-14H2,1-3H3,(H,31,34). The average Bonchev–Trinajstić information content (AvgIpc) is 3.10. The van der Waals surface area contributed by atoms with Gasteiger partial charge in [0.1, 0.15) is 6.10 Å². The third kappa shape index (κ3) is 3.71. The Balaban J connectivity index is 1.37. The molecule has 0 spiro atoms. The molecule has 7 atom stereocenters. The number of aromatic amines is 1. The van der Waals surface area contributed by atoms with E-state index in [1.54, 1.807) is 18.3 Å². The van der Waals surface area contributed by atoms with Gasteiger partial charge < -0.3 is 30.3 Å². The molecule has 0 amide bonds. The lowest BCUT2D eigenvalue weighted by Gasteiger charge is -2.46. The molecule has 1 aromatic carbocycles. The number of benzene rings is 1. The topological polar surface area (TPSA) is 117 Å². The Bertz CT molecular complexity index is 1420. The molecule has 37 heavy (non-hydrogen) atoms. The summed E-state index contributed by atoms with van der Waals surface area (Å²) in [4.78, 5) is 16.3. The van der Waals surface area contributed by atoms with E-state index in [4.69, 9.17) is 0 Å². The summed E-state index contributed by atoms with van der Waals surface area (Å²) in [6.45, 7) is 2.22. The van der Waals surface area contributed by atoms with Gasteiger partial charge in [-0.2, -0.15) is 0 Å². The molecular formula is C30H36N2O5. The summed E-state index contributed by atoms with van der Waals surface area (Å²) in [5, 5.41) is 46.9. The molecule has 6 rings (SSSR count). The number of allylic oxidation sites excluding steroid dienone is 3. The van der Waals surface area contributed by atoms with Gasteiger partial charge in [0.05, 0.1) is 17.8 Å². The SMILES string of the molecule is CN(C)C1CC2(O)CCC3=C(C=C2C(O)C1O)C(O)CC1(C)C(c2ccc4cc(=O)[nH]cc4c2)=CCC31. The molecule has 0 radical (unpaired) electrons. The van der Waals surface area contributed by atoms with Crippen LogP contribution in [-0.4, -0.2) is 74.4 Å². The Morgan fingerprint density at radius 3 is 2.62 bits per heavy atom. The van der Waals surface area contributed by atoms with E-state index in [-0.39, 0.29) is 22.9 Å². The first kappa shape index (κ1) is 24.8. The van der Waals surface area contributed by atoms with Crippen LogP contribution in [0.15, 0.2) is 64.1 Å². The van der Waals surface area contributed by atoms with E-state index in [1.807, 2.05) is 25.1 Å². The number of aromatic nitrogens is 1. The number of hydrogen-bond donors (Lipinski definition) is 5. The Kier molecular flexibility index (Phi) is 5.68. The van der Waals surface area contributed by atoms with Crippen molar-refractivity contribution in [2.45, 2.75) is 69.0 Å². The molecule has 4 aliphatic carbocycles. The highest BCUT2D eigenvalue weighted by Crippen LogP contribution is 2.60. The minimum atomic E-state index is -1.23. The van der Waals surface area contributed by atoms with Crippen LogP contribution >= 0.6 is 0 Å². The normalized spacial score (nSPS) is 37.6. The van der Waals surface area contributed by atoms with Gasteiger partial charge in [-0.1, -0.05) is 36.8 Å². The molecule has 5 N–H and O–H groups in total. The van der Waals surface area contributed by atoms with Crippen molar-refractivity contribution in [3.63, 3.8) is 0 Å². The number of pyridine rings is 1. The van der Waals surface area contributed by atoms with Crippen molar-refractivity contribution < 1.29 is 20.4 Å². The third-order valence-corrected chi connectivity index (χ3v) is 9.67. The second kappa shape index (κ2) is 8.48. The number of nitrogens with one attached hydrogen (secondary N) is 1. The van der Waals surface area contributed by atoms with Crippen molar-refractivity contribution in [1.82, 2.24) is 9.88 Å². The Labute approximate surface area is 216 Å². The molecule has 7 unspecified atom stereocenters. The van der Waals surface area contributed by atoms with Crippen LogP contribution in [0.5, 0.6) is 0 Å². The van der Waals surface area contributed by atoms with Crippen molar-refractivity contribution in [3.05, 3.63) is 75.3 Å². The molecule has 196 valence electrons. The number of aliphatic hydroxyl groups excluding tert-OH is 3. The highest BCUT2D eigenvalue weighted by Gasteiger charge is 2.53. The molecule has 0 bridgehead atoms. The number of H-pyrrole nitrogens is 1. The fourth-order valence-corrected chi connectivity index (χ4v) is 7.63. The van der Waals surface area contributed by atoms with Crippen LogP contribution in [0.3, 0.4) is 0 Å². The van der Waals surface area contributed by atoms with Crippen LogP contribution in [0.2, 0.25) is 0 Å². The largest absolute Gasteiger partial charge is 0.388 e. The maximum Gasteiger partial charge on any atom is 0.248 e. The van der Waals surface area contributed by atoms with E-state index in [1.165, 1.54) is 5.57 Å². The van der Waals surface area contributed by atoms with Gasteiger partial charge in [0.2, 0.25) is 5.56 Å². The molecule has 7 nitrogen and oxygen atoms in total. The number of hydrogen-bond acceptors (Lipinski definition) is 6. The van der Waals surface area contributed by atoms with Crippen molar-refractivity contribution in [3.8, 4) is 0 Å². The number of nitrogens with zero attached hydrogens (tertiary/aromatic N) is 1. The predicted molar refractivity (Wildman–Crippen MR) is 143 cm³/mol. The first-order valence-corrected chi connectivity index (χ1v) is 13.2. The van der Waals surface area contributed by atoms with E-state index < -0.39 is 23.9 Å². The summed E-state index contributed by atoms with van der Waals surface area (Å²) in [5.41, 5.74) is 3.03. The van der Waals surface area contributed by atoms with Crippen molar-refractivity contribution in [2.24, 2.45) is 11.3 Å². The summed E-state index contributed by atoms with van der Waals surface area (Å²) >= 11 is 0. The molecule has 1 aromatic heterocycles. The van der Waals surface area contributed by atoms with Crippen molar-refractivity contribution >= 4 is 16.3 Å². The van der Waals surface area contributed by atoms with Gasteiger partial charge in [0, 0.05) is 23.7 Å². The monoisotopic (exact) mass is 504 g/mol. The van der Waals surface area contributed by atoms with Gasteiger partial charge in [0.15, 0.2) is 0 Å². The third-order valence-electron chi connectivity index (χ3n) is 9.67. The van der Waals surface area contributed by atoms with E-state index in [9.17, 15) is 25.2 Å². The molecule has 1 fully saturated rings. The van der Waals surface area contributed by atoms with E-state index in [0.717, 1.165) is 33.9 Å². The maximum atomic E-state index is 11.8. The van der Waals surface area contributed by atoms with Gasteiger partial charge in [-0.15, -0.1) is 0 Å². The zero-order valence-corrected chi connectivity index (χ0v) is 21.6. The molecule has 1 heterocycles. The average molecular weight is 505 g/mol. The lowest BCUT2D eigenvalue weighted by molar-refractivity contribution is -0.0922. The van der Waals surface area contributed by atoms with Gasteiger partial charge >= 0.3 is 0 Å². The smallest absolute Gasteiger partial charge is 0.248 e. The number of rotatable bonds is 2. The molecular weight excluding hydrogens is 468 g/mol. The molecule has 0 saturated heterocycles. The molecule has 0 aliphatic heterocycles. The second-order valence-electron chi connectivity index (χ2n) is 12.0. The van der Waals surface area contributed by atoms with Crippen molar-refractivity contribution in [1.29, 1.82) is 0 Å². The van der Waals surface area contributed by atoms with Gasteiger partial charge in [-0.25, -0.2) is 0 Å². The summed E-state index contributed by atoms with van der Waals surface area (Å²) in [7, 11) is 3.70. The predicted octanol–water partition coefficient (Wildman–Crippen LogP) is 2.51. The minimum Gasteiger partial charge on any atom is -0.388 e. The Morgan fingerprint density at radius 1 is 1.08 bits per heavy atom.